The zero-order chi connectivity index (χ0) is 11.5. The summed E-state index contributed by atoms with van der Waals surface area (Å²) < 4.78 is 25.6. The summed E-state index contributed by atoms with van der Waals surface area (Å²) in [6, 6.07) is 9.33. The number of benzene rings is 1. The molecule has 1 aromatic rings. The maximum absolute atomic E-state index is 12.8. The lowest BCUT2D eigenvalue weighted by Crippen LogP contribution is -2.46. The van der Waals surface area contributed by atoms with Gasteiger partial charge in [-0.25, -0.2) is 0 Å². The van der Waals surface area contributed by atoms with Gasteiger partial charge in [-0.15, -0.1) is 0 Å². The predicted molar refractivity (Wildman–Crippen MR) is 59.7 cm³/mol. The van der Waals surface area contributed by atoms with E-state index < -0.39 is 12.9 Å². The lowest BCUT2D eigenvalue weighted by Gasteiger charge is -2.33. The number of hydrogen-bond donors (Lipinski definition) is 0. The zero-order valence-electron chi connectivity index (χ0n) is 9.37. The van der Waals surface area contributed by atoms with Gasteiger partial charge in [-0.3, -0.25) is 13.4 Å². The zero-order valence-corrected chi connectivity index (χ0v) is 9.37. The first-order valence-electron chi connectivity index (χ1n) is 5.00. The van der Waals surface area contributed by atoms with E-state index in [9.17, 15) is 8.63 Å². The monoisotopic (exact) mass is 211 g/mol. The third kappa shape index (κ3) is 3.63. The highest BCUT2D eigenvalue weighted by Crippen LogP contribution is 2.19. The molecule has 0 spiro atoms. The summed E-state index contributed by atoms with van der Waals surface area (Å²) in [5.74, 6) is 0. The smallest absolute Gasteiger partial charge is 0.274 e. The van der Waals surface area contributed by atoms with Crippen LogP contribution in [0.15, 0.2) is 30.3 Å². The molecule has 0 saturated carbocycles. The molecule has 1 aromatic carbocycles. The van der Waals surface area contributed by atoms with E-state index in [1.54, 1.807) is 20.8 Å². The summed E-state index contributed by atoms with van der Waals surface area (Å²) in [5, 5.41) is 0. The van der Waals surface area contributed by atoms with E-state index in [2.05, 4.69) is 0 Å². The Morgan fingerprint density at radius 3 is 2.07 bits per heavy atom. The molecule has 0 bridgehead atoms. The fourth-order valence-electron chi connectivity index (χ4n) is 1.38. The summed E-state index contributed by atoms with van der Waals surface area (Å²) in [7, 11) is -2.43. The molecular formula is C11H16BF2N. The first-order chi connectivity index (χ1) is 6.91. The van der Waals surface area contributed by atoms with Crippen molar-refractivity contribution in [3.05, 3.63) is 35.9 Å². The molecule has 0 fully saturated rings. The third-order valence-electron chi connectivity index (χ3n) is 2.29. The van der Waals surface area contributed by atoms with Crippen LogP contribution in [0.4, 0.5) is 8.63 Å². The summed E-state index contributed by atoms with van der Waals surface area (Å²) >= 11 is 0. The van der Waals surface area contributed by atoms with Crippen molar-refractivity contribution < 1.29 is 8.63 Å². The molecule has 0 radical (unpaired) electrons. The van der Waals surface area contributed by atoms with Gasteiger partial charge in [0.25, 0.3) is 0 Å². The molecule has 15 heavy (non-hydrogen) atoms. The van der Waals surface area contributed by atoms with Crippen LogP contribution < -0.4 is 0 Å². The largest absolute Gasteiger partial charge is 0.637 e. The molecule has 82 valence electrons. The van der Waals surface area contributed by atoms with Crippen LogP contribution in [0, 0.1) is 0 Å². The maximum atomic E-state index is 12.8. The highest BCUT2D eigenvalue weighted by Gasteiger charge is 2.34. The molecule has 0 aliphatic carbocycles. The highest BCUT2D eigenvalue weighted by atomic mass is 19.2. The van der Waals surface area contributed by atoms with Gasteiger partial charge in [0.1, 0.15) is 0 Å². The standard InChI is InChI=1S/C11H16BF2N/c1-11(2,3)15(12(13)14)9-10-7-5-4-6-8-10/h4-8H,9H2,1-3H3. The third-order valence-corrected chi connectivity index (χ3v) is 2.29. The molecule has 0 unspecified atom stereocenters. The minimum atomic E-state index is -2.43. The molecule has 0 heterocycles. The molecule has 0 amide bonds. The van der Waals surface area contributed by atoms with Gasteiger partial charge in [-0.1, -0.05) is 30.3 Å². The van der Waals surface area contributed by atoms with Crippen molar-refractivity contribution in [3.63, 3.8) is 0 Å². The Labute approximate surface area is 90.3 Å². The minimum absolute atomic E-state index is 0.280. The second kappa shape index (κ2) is 4.75. The van der Waals surface area contributed by atoms with Gasteiger partial charge in [0.05, 0.1) is 0 Å². The lowest BCUT2D eigenvalue weighted by atomic mass is 9.96. The summed E-state index contributed by atoms with van der Waals surface area (Å²) in [4.78, 5) is 1.18. The fourth-order valence-corrected chi connectivity index (χ4v) is 1.38. The van der Waals surface area contributed by atoms with Crippen LogP contribution in [0.1, 0.15) is 26.3 Å². The van der Waals surface area contributed by atoms with E-state index >= 15 is 0 Å². The van der Waals surface area contributed by atoms with E-state index in [0.717, 1.165) is 5.56 Å². The Hall–Kier alpha value is -0.895. The van der Waals surface area contributed by atoms with Crippen molar-refractivity contribution in [3.8, 4) is 0 Å². The Morgan fingerprint density at radius 1 is 1.13 bits per heavy atom. The summed E-state index contributed by atoms with van der Waals surface area (Å²) in [6.07, 6.45) is 0. The first kappa shape index (κ1) is 12.2. The van der Waals surface area contributed by atoms with E-state index in [-0.39, 0.29) is 6.54 Å². The number of rotatable bonds is 3. The van der Waals surface area contributed by atoms with Gasteiger partial charge in [0.2, 0.25) is 0 Å². The predicted octanol–water partition coefficient (Wildman–Crippen LogP) is 3.21. The molecule has 1 rings (SSSR count). The van der Waals surface area contributed by atoms with Crippen LogP contribution in [0.2, 0.25) is 0 Å². The van der Waals surface area contributed by atoms with Crippen LogP contribution >= 0.6 is 0 Å². The number of hydrogen-bond acceptors (Lipinski definition) is 1. The minimum Gasteiger partial charge on any atom is -0.274 e. The van der Waals surface area contributed by atoms with Crippen molar-refractivity contribution in [1.29, 1.82) is 0 Å². The maximum Gasteiger partial charge on any atom is 0.637 e. The van der Waals surface area contributed by atoms with Gasteiger partial charge < -0.3 is 0 Å². The summed E-state index contributed by atoms with van der Waals surface area (Å²) in [5.41, 5.74) is 0.386. The van der Waals surface area contributed by atoms with Crippen molar-refractivity contribution in [2.24, 2.45) is 0 Å². The van der Waals surface area contributed by atoms with Crippen LogP contribution in [-0.2, 0) is 6.54 Å². The lowest BCUT2D eigenvalue weighted by molar-refractivity contribution is 0.206. The average Bonchev–Trinajstić information content (AvgIpc) is 2.13. The normalized spacial score (nSPS) is 11.9. The topological polar surface area (TPSA) is 3.24 Å². The second-order valence-electron chi connectivity index (χ2n) is 4.56. The molecular weight excluding hydrogens is 195 g/mol. The highest BCUT2D eigenvalue weighted by molar-refractivity contribution is 6.39. The average molecular weight is 211 g/mol. The van der Waals surface area contributed by atoms with Gasteiger partial charge in [-0.05, 0) is 26.3 Å². The molecule has 4 heteroatoms. The van der Waals surface area contributed by atoms with Crippen LogP contribution in [0.25, 0.3) is 0 Å². The first-order valence-corrected chi connectivity index (χ1v) is 5.00. The molecule has 0 atom stereocenters. The van der Waals surface area contributed by atoms with Gasteiger partial charge in [0, 0.05) is 12.1 Å². The van der Waals surface area contributed by atoms with E-state index in [4.69, 9.17) is 0 Å². The number of nitrogens with zero attached hydrogens (tertiary/aromatic N) is 1. The molecule has 0 saturated heterocycles. The SMILES string of the molecule is CC(C)(C)N(Cc1ccccc1)B(F)F. The Morgan fingerprint density at radius 2 is 1.67 bits per heavy atom. The molecule has 0 aromatic heterocycles. The molecule has 1 nitrogen and oxygen atoms in total. The van der Waals surface area contributed by atoms with E-state index in [1.165, 1.54) is 4.81 Å². The number of halogens is 2. The Bertz CT molecular complexity index is 295. The van der Waals surface area contributed by atoms with Crippen LogP contribution in [-0.4, -0.2) is 17.8 Å². The van der Waals surface area contributed by atoms with Crippen molar-refractivity contribution in [1.82, 2.24) is 4.81 Å². The van der Waals surface area contributed by atoms with Crippen molar-refractivity contribution >= 4 is 7.40 Å². The van der Waals surface area contributed by atoms with Crippen LogP contribution in [0.5, 0.6) is 0 Å². The van der Waals surface area contributed by atoms with Gasteiger partial charge in [0.15, 0.2) is 0 Å². The van der Waals surface area contributed by atoms with Gasteiger partial charge >= 0.3 is 7.40 Å². The quantitative estimate of drug-likeness (QED) is 0.694. The Balaban J connectivity index is 2.77. The van der Waals surface area contributed by atoms with Crippen molar-refractivity contribution in [2.45, 2.75) is 32.9 Å². The molecule has 0 aliphatic rings. The molecule has 0 aliphatic heterocycles. The van der Waals surface area contributed by atoms with Gasteiger partial charge in [-0.2, -0.15) is 0 Å². The van der Waals surface area contributed by atoms with E-state index in [1.807, 2.05) is 30.3 Å². The fraction of sp³-hybridized carbons (Fsp3) is 0.455. The van der Waals surface area contributed by atoms with Crippen LogP contribution in [0.3, 0.4) is 0 Å². The van der Waals surface area contributed by atoms with E-state index in [0.29, 0.717) is 0 Å². The second-order valence-corrected chi connectivity index (χ2v) is 4.56. The molecule has 0 N–H and O–H groups in total. The Kier molecular flexibility index (Phi) is 3.86. The summed E-state index contributed by atoms with van der Waals surface area (Å²) in [6.45, 7) is 5.66. The van der Waals surface area contributed by atoms with Crippen molar-refractivity contribution in [2.75, 3.05) is 0 Å².